The summed E-state index contributed by atoms with van der Waals surface area (Å²) < 4.78 is 34.5. The number of ether oxygens (including phenoxy) is 1. The Morgan fingerprint density at radius 3 is 2.35 bits per heavy atom. The van der Waals surface area contributed by atoms with Crippen LogP contribution in [0.15, 0.2) is 65.6 Å². The van der Waals surface area contributed by atoms with Crippen molar-refractivity contribution in [1.29, 1.82) is 0 Å². The highest BCUT2D eigenvalue weighted by Crippen LogP contribution is 2.36. The summed E-state index contributed by atoms with van der Waals surface area (Å²) in [4.78, 5) is 39.0. The van der Waals surface area contributed by atoms with Crippen LogP contribution in [0.25, 0.3) is 0 Å². The summed E-state index contributed by atoms with van der Waals surface area (Å²) in [5, 5.41) is 14.6. The summed E-state index contributed by atoms with van der Waals surface area (Å²) in [6.07, 6.45) is 0. The van der Waals surface area contributed by atoms with Crippen molar-refractivity contribution in [3.63, 3.8) is 0 Å². The molecule has 11 nitrogen and oxygen atoms in total. The van der Waals surface area contributed by atoms with Crippen molar-refractivity contribution in [3.05, 3.63) is 92.5 Å². The van der Waals surface area contributed by atoms with Crippen molar-refractivity contribution in [2.45, 2.75) is 58.1 Å². The smallest absolute Gasteiger partial charge is 0.273 e. The molecule has 0 saturated carbocycles. The Hall–Kier alpha value is -4.16. The van der Waals surface area contributed by atoms with Crippen molar-refractivity contribution in [3.8, 4) is 5.75 Å². The van der Waals surface area contributed by atoms with Gasteiger partial charge in [-0.2, -0.15) is 0 Å². The number of rotatable bonds is 12. The molecule has 3 aromatic rings. The van der Waals surface area contributed by atoms with Gasteiger partial charge >= 0.3 is 0 Å². The van der Waals surface area contributed by atoms with Crippen LogP contribution >= 0.6 is 11.6 Å². The predicted molar refractivity (Wildman–Crippen MR) is 165 cm³/mol. The summed E-state index contributed by atoms with van der Waals surface area (Å²) in [5.41, 5.74) is 1.49. The van der Waals surface area contributed by atoms with Crippen molar-refractivity contribution >= 4 is 44.8 Å². The number of sulfonamides is 1. The Morgan fingerprint density at radius 2 is 1.74 bits per heavy atom. The van der Waals surface area contributed by atoms with Gasteiger partial charge in [0.25, 0.3) is 15.7 Å². The number of benzene rings is 3. The van der Waals surface area contributed by atoms with Crippen LogP contribution in [0.5, 0.6) is 5.75 Å². The summed E-state index contributed by atoms with van der Waals surface area (Å²) >= 11 is 6.25. The minimum Gasteiger partial charge on any atom is -0.495 e. The Morgan fingerprint density at radius 1 is 1.05 bits per heavy atom. The van der Waals surface area contributed by atoms with E-state index >= 15 is 0 Å². The van der Waals surface area contributed by atoms with Crippen LogP contribution in [0.4, 0.5) is 11.4 Å². The van der Waals surface area contributed by atoms with Crippen LogP contribution < -0.4 is 14.4 Å². The van der Waals surface area contributed by atoms with E-state index in [1.54, 1.807) is 26.8 Å². The highest BCUT2D eigenvalue weighted by Gasteiger charge is 2.35. The summed E-state index contributed by atoms with van der Waals surface area (Å²) in [5.74, 6) is -1.02. The molecule has 0 spiro atoms. The first-order valence-corrected chi connectivity index (χ1v) is 15.2. The van der Waals surface area contributed by atoms with E-state index in [1.165, 1.54) is 49.3 Å². The molecule has 0 aliphatic carbocycles. The third-order valence-corrected chi connectivity index (χ3v) is 8.68. The second kappa shape index (κ2) is 13.9. The number of aryl methyl sites for hydroxylation is 2. The lowest BCUT2D eigenvalue weighted by Crippen LogP contribution is -2.52. The number of hydrogen-bond donors (Lipinski definition) is 1. The molecule has 3 rings (SSSR count). The Bertz CT molecular complexity index is 1630. The molecule has 43 heavy (non-hydrogen) atoms. The first-order chi connectivity index (χ1) is 20.1. The molecule has 3 aromatic carbocycles. The van der Waals surface area contributed by atoms with E-state index < -0.39 is 49.9 Å². The SMILES string of the molecule is COc1ccc(Cl)cc1N(CC(=O)N(Cc1cccc(C)c1)[C@H](C)C(=O)NC(C)C)S(=O)(=O)c1ccc(C)c([N+](=O)[O-])c1. The van der Waals surface area contributed by atoms with E-state index in [4.69, 9.17) is 16.3 Å². The average molecular weight is 631 g/mol. The van der Waals surface area contributed by atoms with E-state index in [0.29, 0.717) is 0 Å². The quantitative estimate of drug-likeness (QED) is 0.219. The average Bonchev–Trinajstić information content (AvgIpc) is 2.93. The second-order valence-electron chi connectivity index (χ2n) is 10.4. The molecule has 0 aliphatic rings. The van der Waals surface area contributed by atoms with Crippen molar-refractivity contribution in [2.24, 2.45) is 0 Å². The van der Waals surface area contributed by atoms with Crippen LogP contribution in [0.2, 0.25) is 5.02 Å². The van der Waals surface area contributed by atoms with Gasteiger partial charge in [-0.15, -0.1) is 0 Å². The summed E-state index contributed by atoms with van der Waals surface area (Å²) in [6.45, 7) is 7.78. The molecule has 0 saturated heterocycles. The number of anilines is 1. The van der Waals surface area contributed by atoms with E-state index in [0.717, 1.165) is 21.5 Å². The van der Waals surface area contributed by atoms with Crippen molar-refractivity contribution in [1.82, 2.24) is 10.2 Å². The molecule has 1 N–H and O–H groups in total. The van der Waals surface area contributed by atoms with E-state index in [2.05, 4.69) is 5.32 Å². The fraction of sp³-hybridized carbons (Fsp3) is 0.333. The normalized spacial score (nSPS) is 12.0. The minimum absolute atomic E-state index is 0.0176. The largest absolute Gasteiger partial charge is 0.495 e. The highest BCUT2D eigenvalue weighted by atomic mass is 35.5. The van der Waals surface area contributed by atoms with Crippen LogP contribution in [0.1, 0.15) is 37.5 Å². The maximum absolute atomic E-state index is 14.2. The van der Waals surface area contributed by atoms with Gasteiger partial charge in [-0.1, -0.05) is 47.5 Å². The molecule has 0 fully saturated rings. The highest BCUT2D eigenvalue weighted by molar-refractivity contribution is 7.92. The van der Waals surface area contributed by atoms with Gasteiger partial charge < -0.3 is 15.0 Å². The van der Waals surface area contributed by atoms with Crippen LogP contribution in [0, 0.1) is 24.0 Å². The number of hydrogen-bond acceptors (Lipinski definition) is 7. The number of carbonyl (C=O) groups excluding carboxylic acids is 2. The van der Waals surface area contributed by atoms with Gasteiger partial charge in [-0.3, -0.25) is 24.0 Å². The zero-order valence-corrected chi connectivity index (χ0v) is 26.4. The zero-order chi connectivity index (χ0) is 32.1. The van der Waals surface area contributed by atoms with Crippen LogP contribution in [-0.2, 0) is 26.2 Å². The molecule has 0 unspecified atom stereocenters. The summed E-state index contributed by atoms with van der Waals surface area (Å²) in [6, 6.07) is 14.0. The molecular weight excluding hydrogens is 596 g/mol. The molecule has 1 atom stereocenters. The third-order valence-electron chi connectivity index (χ3n) is 6.69. The number of nitro benzene ring substituents is 1. The second-order valence-corrected chi connectivity index (χ2v) is 12.7. The molecule has 0 bridgehead atoms. The monoisotopic (exact) mass is 630 g/mol. The standard InChI is InChI=1S/C30H35ClN4O7S/c1-19(2)32-30(37)22(5)33(17-23-9-7-8-20(3)14-23)29(36)18-34(27-15-24(31)11-13-28(27)42-6)43(40,41)25-12-10-21(4)26(16-25)35(38)39/h7-16,19,22H,17-18H2,1-6H3,(H,32,37)/t22-/m1/s1. The lowest BCUT2D eigenvalue weighted by atomic mass is 10.1. The Balaban J connectivity index is 2.17. The number of halogens is 1. The molecule has 0 radical (unpaired) electrons. The van der Waals surface area contributed by atoms with Gasteiger partial charge in [0.1, 0.15) is 18.3 Å². The predicted octanol–water partition coefficient (Wildman–Crippen LogP) is 5.01. The Labute approximate surface area is 256 Å². The molecule has 2 amide bonds. The van der Waals surface area contributed by atoms with Gasteiger partial charge in [0.15, 0.2) is 0 Å². The molecule has 230 valence electrons. The van der Waals surface area contributed by atoms with Gasteiger partial charge in [0, 0.05) is 29.2 Å². The molecule has 13 heteroatoms. The minimum atomic E-state index is -4.61. The molecule has 0 aromatic heterocycles. The lowest BCUT2D eigenvalue weighted by molar-refractivity contribution is -0.385. The van der Waals surface area contributed by atoms with E-state index in [-0.39, 0.29) is 34.6 Å². The molecule has 0 heterocycles. The fourth-order valence-corrected chi connectivity index (χ4v) is 6.04. The van der Waals surface area contributed by atoms with E-state index in [9.17, 15) is 28.1 Å². The molecular formula is C30H35ClN4O7S. The fourth-order valence-electron chi connectivity index (χ4n) is 4.44. The maximum atomic E-state index is 14.2. The van der Waals surface area contributed by atoms with Crippen LogP contribution in [-0.4, -0.2) is 55.8 Å². The topological polar surface area (TPSA) is 139 Å². The van der Waals surface area contributed by atoms with Gasteiger partial charge in [0.05, 0.1) is 22.6 Å². The number of nitrogens with one attached hydrogen (secondary N) is 1. The van der Waals surface area contributed by atoms with Crippen molar-refractivity contribution < 1.29 is 27.7 Å². The third kappa shape index (κ3) is 8.02. The number of nitro groups is 1. The number of methoxy groups -OCH3 is 1. The maximum Gasteiger partial charge on any atom is 0.273 e. The summed E-state index contributed by atoms with van der Waals surface area (Å²) in [7, 11) is -3.28. The van der Waals surface area contributed by atoms with Crippen LogP contribution in [0.3, 0.4) is 0 Å². The van der Waals surface area contributed by atoms with Crippen molar-refractivity contribution in [2.75, 3.05) is 18.0 Å². The van der Waals surface area contributed by atoms with E-state index in [1.807, 2.05) is 25.1 Å². The first-order valence-electron chi connectivity index (χ1n) is 13.4. The number of amides is 2. The first kappa shape index (κ1) is 33.3. The number of nitrogens with zero attached hydrogens (tertiary/aromatic N) is 3. The zero-order valence-electron chi connectivity index (χ0n) is 24.8. The van der Waals surface area contributed by atoms with Gasteiger partial charge in [0.2, 0.25) is 11.8 Å². The Kier molecular flexibility index (Phi) is 10.8. The molecule has 0 aliphatic heterocycles. The van der Waals surface area contributed by atoms with Gasteiger partial charge in [-0.05, 0) is 64.4 Å². The van der Waals surface area contributed by atoms with Gasteiger partial charge in [-0.25, -0.2) is 8.42 Å². The number of carbonyl (C=O) groups is 2. The lowest BCUT2D eigenvalue weighted by Gasteiger charge is -2.32.